The van der Waals surface area contributed by atoms with Gasteiger partial charge in [-0.15, -0.1) is 0 Å². The van der Waals surface area contributed by atoms with E-state index in [9.17, 15) is 4.79 Å². The number of benzene rings is 2. The molecular weight excluding hydrogens is 252 g/mol. The van der Waals surface area contributed by atoms with Crippen molar-refractivity contribution in [2.75, 3.05) is 6.54 Å². The summed E-state index contributed by atoms with van der Waals surface area (Å²) in [7, 11) is 0. The zero-order chi connectivity index (χ0) is 14.5. The fraction of sp³-hybridized carbons (Fsp3) is 0.188. The van der Waals surface area contributed by atoms with Crippen molar-refractivity contribution < 1.29 is 9.90 Å². The third kappa shape index (κ3) is 3.44. The van der Waals surface area contributed by atoms with Crippen molar-refractivity contribution in [3.63, 3.8) is 0 Å². The van der Waals surface area contributed by atoms with Crippen LogP contribution in [0.15, 0.2) is 48.5 Å². The van der Waals surface area contributed by atoms with E-state index in [2.05, 4.69) is 0 Å². The van der Waals surface area contributed by atoms with Crippen molar-refractivity contribution in [1.29, 1.82) is 0 Å². The first-order chi connectivity index (χ1) is 9.60. The Morgan fingerprint density at radius 1 is 1.00 bits per heavy atom. The van der Waals surface area contributed by atoms with Crippen LogP contribution in [-0.2, 0) is 11.2 Å². The molecule has 0 aliphatic rings. The molecule has 0 fully saturated rings. The summed E-state index contributed by atoms with van der Waals surface area (Å²) in [6, 6.07) is 15.3. The number of rotatable bonds is 5. The zero-order valence-electron chi connectivity index (χ0n) is 11.1. The molecule has 4 nitrogen and oxygen atoms in total. The summed E-state index contributed by atoms with van der Waals surface area (Å²) < 4.78 is 0. The van der Waals surface area contributed by atoms with Gasteiger partial charge < -0.3 is 16.6 Å². The molecule has 0 radical (unpaired) electrons. The van der Waals surface area contributed by atoms with E-state index < -0.39 is 5.97 Å². The van der Waals surface area contributed by atoms with E-state index in [1.165, 1.54) is 0 Å². The molecule has 104 valence electrons. The summed E-state index contributed by atoms with van der Waals surface area (Å²) in [4.78, 5) is 10.6. The molecule has 0 heterocycles. The van der Waals surface area contributed by atoms with Gasteiger partial charge in [-0.05, 0) is 22.3 Å². The normalized spacial score (nSPS) is 12.1. The van der Waals surface area contributed by atoms with Gasteiger partial charge in [0.2, 0.25) is 0 Å². The molecule has 0 aliphatic heterocycles. The lowest BCUT2D eigenvalue weighted by Gasteiger charge is -2.10. The van der Waals surface area contributed by atoms with Crippen LogP contribution in [0.2, 0.25) is 0 Å². The molecule has 0 saturated carbocycles. The Morgan fingerprint density at radius 2 is 1.50 bits per heavy atom. The van der Waals surface area contributed by atoms with Crippen molar-refractivity contribution in [2.45, 2.75) is 12.5 Å². The lowest BCUT2D eigenvalue weighted by Crippen LogP contribution is -2.20. The molecule has 4 heteroatoms. The van der Waals surface area contributed by atoms with Crippen molar-refractivity contribution in [3.05, 3.63) is 59.7 Å². The molecule has 2 aromatic carbocycles. The lowest BCUT2D eigenvalue weighted by atomic mass is 10.00. The standard InChI is InChI=1S/C16H18N2O2/c17-10-15(18)14-7-5-13(6-8-14)12-3-1-11(2-4-12)9-16(19)20/h1-8,15H,9-10,17-18H2,(H,19,20). The number of hydrogen-bond donors (Lipinski definition) is 3. The van der Waals surface area contributed by atoms with Gasteiger partial charge >= 0.3 is 5.97 Å². The second kappa shape index (κ2) is 6.32. The third-order valence-electron chi connectivity index (χ3n) is 3.24. The minimum atomic E-state index is -0.821. The van der Waals surface area contributed by atoms with Crippen LogP contribution in [0.5, 0.6) is 0 Å². The SMILES string of the molecule is NCC(N)c1ccc(-c2ccc(CC(=O)O)cc2)cc1. The maximum absolute atomic E-state index is 10.6. The first kappa shape index (κ1) is 14.2. The molecule has 2 aromatic rings. The number of carboxylic acids is 1. The minimum Gasteiger partial charge on any atom is -0.481 e. The van der Waals surface area contributed by atoms with Crippen molar-refractivity contribution in [1.82, 2.24) is 0 Å². The first-order valence-corrected chi connectivity index (χ1v) is 6.47. The van der Waals surface area contributed by atoms with Gasteiger partial charge in [-0.2, -0.15) is 0 Å². The Kier molecular flexibility index (Phi) is 4.50. The highest BCUT2D eigenvalue weighted by Gasteiger charge is 2.05. The molecule has 0 aliphatic carbocycles. The van der Waals surface area contributed by atoms with Crippen LogP contribution in [0.1, 0.15) is 17.2 Å². The van der Waals surface area contributed by atoms with Gasteiger partial charge in [-0.25, -0.2) is 0 Å². The molecular formula is C16H18N2O2. The minimum absolute atomic E-state index is 0.0462. The largest absolute Gasteiger partial charge is 0.481 e. The number of carboxylic acid groups (broad SMARTS) is 1. The third-order valence-corrected chi connectivity index (χ3v) is 3.24. The van der Waals surface area contributed by atoms with Gasteiger partial charge in [-0.1, -0.05) is 48.5 Å². The molecule has 0 spiro atoms. The lowest BCUT2D eigenvalue weighted by molar-refractivity contribution is -0.136. The van der Waals surface area contributed by atoms with E-state index in [4.69, 9.17) is 16.6 Å². The highest BCUT2D eigenvalue weighted by atomic mass is 16.4. The average Bonchev–Trinajstić information content (AvgIpc) is 2.47. The van der Waals surface area contributed by atoms with Crippen LogP contribution < -0.4 is 11.5 Å². The summed E-state index contributed by atoms with van der Waals surface area (Å²) in [5.74, 6) is -0.821. The second-order valence-electron chi connectivity index (χ2n) is 4.73. The Bertz CT molecular complexity index is 576. The molecule has 5 N–H and O–H groups in total. The quantitative estimate of drug-likeness (QED) is 0.774. The Hall–Kier alpha value is -2.17. The summed E-state index contributed by atoms with van der Waals surface area (Å²) in [6.07, 6.45) is 0.0462. The van der Waals surface area contributed by atoms with E-state index in [0.717, 1.165) is 22.3 Å². The van der Waals surface area contributed by atoms with Gasteiger partial charge in [0, 0.05) is 12.6 Å². The van der Waals surface area contributed by atoms with Gasteiger partial charge in [0.05, 0.1) is 6.42 Å². The number of hydrogen-bond acceptors (Lipinski definition) is 3. The fourth-order valence-electron chi connectivity index (χ4n) is 2.05. The smallest absolute Gasteiger partial charge is 0.307 e. The van der Waals surface area contributed by atoms with Crippen LogP contribution in [0.25, 0.3) is 11.1 Å². The fourth-order valence-corrected chi connectivity index (χ4v) is 2.05. The molecule has 1 atom stereocenters. The van der Waals surface area contributed by atoms with E-state index in [0.29, 0.717) is 6.54 Å². The molecule has 2 rings (SSSR count). The van der Waals surface area contributed by atoms with Gasteiger partial charge in [0.1, 0.15) is 0 Å². The second-order valence-corrected chi connectivity index (χ2v) is 4.73. The van der Waals surface area contributed by atoms with Crippen LogP contribution in [-0.4, -0.2) is 17.6 Å². The summed E-state index contributed by atoms with van der Waals surface area (Å²) in [5.41, 5.74) is 15.3. The molecule has 0 bridgehead atoms. The predicted octanol–water partition coefficient (Wildman–Crippen LogP) is 1.94. The molecule has 0 amide bonds. The Labute approximate surface area is 118 Å². The number of aliphatic carboxylic acids is 1. The Balaban J connectivity index is 2.17. The Morgan fingerprint density at radius 3 is 1.95 bits per heavy atom. The summed E-state index contributed by atoms with van der Waals surface area (Å²) in [6.45, 7) is 0.420. The average molecular weight is 270 g/mol. The predicted molar refractivity (Wildman–Crippen MR) is 79.2 cm³/mol. The summed E-state index contributed by atoms with van der Waals surface area (Å²) in [5, 5.41) is 8.74. The topological polar surface area (TPSA) is 89.3 Å². The van der Waals surface area contributed by atoms with Crippen molar-refractivity contribution in [2.24, 2.45) is 11.5 Å². The molecule has 1 unspecified atom stereocenters. The van der Waals surface area contributed by atoms with E-state index in [-0.39, 0.29) is 12.5 Å². The zero-order valence-corrected chi connectivity index (χ0v) is 11.1. The summed E-state index contributed by atoms with van der Waals surface area (Å²) >= 11 is 0. The highest BCUT2D eigenvalue weighted by molar-refractivity contribution is 5.71. The van der Waals surface area contributed by atoms with E-state index >= 15 is 0 Å². The molecule has 0 saturated heterocycles. The maximum Gasteiger partial charge on any atom is 0.307 e. The molecule has 20 heavy (non-hydrogen) atoms. The van der Waals surface area contributed by atoms with Crippen LogP contribution >= 0.6 is 0 Å². The van der Waals surface area contributed by atoms with Crippen LogP contribution in [0.4, 0.5) is 0 Å². The highest BCUT2D eigenvalue weighted by Crippen LogP contribution is 2.22. The van der Waals surface area contributed by atoms with E-state index in [1.807, 2.05) is 48.5 Å². The number of nitrogens with two attached hydrogens (primary N) is 2. The van der Waals surface area contributed by atoms with Crippen molar-refractivity contribution in [3.8, 4) is 11.1 Å². The first-order valence-electron chi connectivity index (χ1n) is 6.47. The van der Waals surface area contributed by atoms with Gasteiger partial charge in [0.15, 0.2) is 0 Å². The maximum atomic E-state index is 10.6. The van der Waals surface area contributed by atoms with Crippen molar-refractivity contribution >= 4 is 5.97 Å². The van der Waals surface area contributed by atoms with Crippen LogP contribution in [0, 0.1) is 0 Å². The van der Waals surface area contributed by atoms with Crippen LogP contribution in [0.3, 0.4) is 0 Å². The van der Waals surface area contributed by atoms with E-state index in [1.54, 1.807) is 0 Å². The van der Waals surface area contributed by atoms with Gasteiger partial charge in [0.25, 0.3) is 0 Å². The van der Waals surface area contributed by atoms with Gasteiger partial charge in [-0.3, -0.25) is 4.79 Å². The monoisotopic (exact) mass is 270 g/mol. The molecule has 0 aromatic heterocycles. The number of carbonyl (C=O) groups is 1.